The van der Waals surface area contributed by atoms with Crippen molar-refractivity contribution in [3.63, 3.8) is 0 Å². The van der Waals surface area contributed by atoms with Crippen LogP contribution in [-0.2, 0) is 6.42 Å². The van der Waals surface area contributed by atoms with Crippen molar-refractivity contribution in [3.05, 3.63) is 39.9 Å². The maximum atomic E-state index is 11.0. The van der Waals surface area contributed by atoms with Gasteiger partial charge in [-0.2, -0.15) is 5.26 Å². The molecule has 21 heavy (non-hydrogen) atoms. The van der Waals surface area contributed by atoms with Gasteiger partial charge in [0.15, 0.2) is 0 Å². The Kier molecular flexibility index (Phi) is 5.21. The quantitative estimate of drug-likeness (QED) is 0.618. The molecule has 1 fully saturated rings. The van der Waals surface area contributed by atoms with E-state index in [0.29, 0.717) is 6.42 Å². The van der Waals surface area contributed by atoms with E-state index in [1.54, 1.807) is 23.9 Å². The van der Waals surface area contributed by atoms with Crippen molar-refractivity contribution in [1.82, 2.24) is 4.90 Å². The van der Waals surface area contributed by atoms with Crippen molar-refractivity contribution < 1.29 is 4.92 Å². The molecule has 0 amide bonds. The minimum Gasteiger partial charge on any atom is -0.303 e. The van der Waals surface area contributed by atoms with E-state index in [4.69, 9.17) is 0 Å². The third kappa shape index (κ3) is 3.74. The summed E-state index contributed by atoms with van der Waals surface area (Å²) in [5, 5.41) is 20.3. The van der Waals surface area contributed by atoms with E-state index in [9.17, 15) is 15.4 Å². The molecule has 0 radical (unpaired) electrons. The van der Waals surface area contributed by atoms with Gasteiger partial charge in [0.25, 0.3) is 5.69 Å². The molecule has 112 valence electrons. The van der Waals surface area contributed by atoms with Crippen LogP contribution in [0.3, 0.4) is 0 Å². The Morgan fingerprint density at radius 2 is 2.10 bits per heavy atom. The lowest BCUT2D eigenvalue weighted by molar-refractivity contribution is -0.385. The molecular formula is C15H19N3O2S. The second-order valence-corrected chi connectivity index (χ2v) is 6.48. The first-order valence-corrected chi connectivity index (χ1v) is 8.24. The lowest BCUT2D eigenvalue weighted by Gasteiger charge is -2.36. The van der Waals surface area contributed by atoms with E-state index < -0.39 is 0 Å². The molecule has 0 spiro atoms. The van der Waals surface area contributed by atoms with Gasteiger partial charge >= 0.3 is 0 Å². The van der Waals surface area contributed by atoms with Crippen molar-refractivity contribution in [2.45, 2.75) is 24.0 Å². The molecule has 0 unspecified atom stereocenters. The third-order valence-electron chi connectivity index (χ3n) is 4.14. The SMILES string of the molecule is CSC1(C#N)CCN(CCc2ccccc2[N+](=O)[O-])CC1. The zero-order chi connectivity index (χ0) is 15.3. The second kappa shape index (κ2) is 6.92. The highest BCUT2D eigenvalue weighted by molar-refractivity contribution is 8.00. The molecule has 0 atom stereocenters. The normalized spacial score (nSPS) is 18.1. The minimum absolute atomic E-state index is 0.199. The molecule has 0 aliphatic carbocycles. The first-order chi connectivity index (χ1) is 10.1. The van der Waals surface area contributed by atoms with E-state index in [2.05, 4.69) is 11.0 Å². The van der Waals surface area contributed by atoms with Gasteiger partial charge < -0.3 is 4.90 Å². The van der Waals surface area contributed by atoms with Gasteiger partial charge in [-0.15, -0.1) is 11.8 Å². The monoisotopic (exact) mass is 305 g/mol. The molecule has 0 bridgehead atoms. The predicted molar refractivity (Wildman–Crippen MR) is 84.3 cm³/mol. The van der Waals surface area contributed by atoms with Crippen LogP contribution in [0.1, 0.15) is 18.4 Å². The summed E-state index contributed by atoms with van der Waals surface area (Å²) in [6.45, 7) is 2.57. The Hall–Kier alpha value is -1.58. The maximum Gasteiger partial charge on any atom is 0.272 e. The molecule has 1 heterocycles. The van der Waals surface area contributed by atoms with Crippen LogP contribution in [0, 0.1) is 21.4 Å². The molecule has 1 saturated heterocycles. The highest BCUT2D eigenvalue weighted by atomic mass is 32.2. The molecule has 1 aliphatic rings. The van der Waals surface area contributed by atoms with E-state index in [1.165, 1.54) is 0 Å². The highest BCUT2D eigenvalue weighted by Gasteiger charge is 2.33. The summed E-state index contributed by atoms with van der Waals surface area (Å²) >= 11 is 1.64. The van der Waals surface area contributed by atoms with E-state index in [-0.39, 0.29) is 15.4 Å². The molecule has 1 aromatic carbocycles. The molecule has 0 aromatic heterocycles. The van der Waals surface area contributed by atoms with Gasteiger partial charge in [-0.05, 0) is 25.5 Å². The van der Waals surface area contributed by atoms with Crippen LogP contribution in [0.25, 0.3) is 0 Å². The van der Waals surface area contributed by atoms with Gasteiger partial charge in [0, 0.05) is 31.3 Å². The summed E-state index contributed by atoms with van der Waals surface area (Å²) in [4.78, 5) is 13.0. The first-order valence-electron chi connectivity index (χ1n) is 7.01. The number of nitriles is 1. The van der Waals surface area contributed by atoms with Crippen molar-refractivity contribution in [2.24, 2.45) is 0 Å². The zero-order valence-electron chi connectivity index (χ0n) is 12.1. The number of nitro benzene ring substituents is 1. The minimum atomic E-state index is -0.319. The number of rotatable bonds is 5. The molecule has 0 N–H and O–H groups in total. The summed E-state index contributed by atoms with van der Waals surface area (Å²) in [6, 6.07) is 9.35. The molecule has 2 rings (SSSR count). The van der Waals surface area contributed by atoms with Crippen molar-refractivity contribution in [2.75, 3.05) is 25.9 Å². The van der Waals surface area contributed by atoms with Crippen molar-refractivity contribution in [1.29, 1.82) is 5.26 Å². The van der Waals surface area contributed by atoms with Gasteiger partial charge in [0.2, 0.25) is 0 Å². The lowest BCUT2D eigenvalue weighted by Crippen LogP contribution is -2.42. The average Bonchev–Trinajstić information content (AvgIpc) is 2.53. The molecule has 1 aromatic rings. The van der Waals surface area contributed by atoms with Crippen LogP contribution in [-0.4, -0.2) is 40.5 Å². The molecular weight excluding hydrogens is 286 g/mol. The van der Waals surface area contributed by atoms with Crippen LogP contribution in [0.5, 0.6) is 0 Å². The summed E-state index contributed by atoms with van der Waals surface area (Å²) < 4.78 is -0.241. The van der Waals surface area contributed by atoms with Crippen LogP contribution in [0.2, 0.25) is 0 Å². The lowest BCUT2D eigenvalue weighted by atomic mass is 9.97. The topological polar surface area (TPSA) is 70.2 Å². The maximum absolute atomic E-state index is 11.0. The van der Waals surface area contributed by atoms with Crippen LogP contribution >= 0.6 is 11.8 Å². The Morgan fingerprint density at radius 3 is 2.67 bits per heavy atom. The van der Waals surface area contributed by atoms with E-state index >= 15 is 0 Å². The van der Waals surface area contributed by atoms with Gasteiger partial charge in [-0.3, -0.25) is 10.1 Å². The Bertz CT molecular complexity index is 548. The highest BCUT2D eigenvalue weighted by Crippen LogP contribution is 2.33. The number of hydrogen-bond acceptors (Lipinski definition) is 5. The predicted octanol–water partition coefficient (Wildman–Crippen LogP) is 2.86. The number of thioether (sulfide) groups is 1. The summed E-state index contributed by atoms with van der Waals surface area (Å²) in [5.41, 5.74) is 0.981. The number of hydrogen-bond donors (Lipinski definition) is 0. The Morgan fingerprint density at radius 1 is 1.43 bits per heavy atom. The van der Waals surface area contributed by atoms with Gasteiger partial charge in [-0.25, -0.2) is 0 Å². The number of nitrogens with zero attached hydrogens (tertiary/aromatic N) is 3. The number of nitro groups is 1. The van der Waals surface area contributed by atoms with Crippen LogP contribution in [0.15, 0.2) is 24.3 Å². The Labute approximate surface area is 129 Å². The van der Waals surface area contributed by atoms with E-state index in [0.717, 1.165) is 38.0 Å². The zero-order valence-corrected chi connectivity index (χ0v) is 12.9. The molecule has 6 heteroatoms. The fraction of sp³-hybridized carbons (Fsp3) is 0.533. The van der Waals surface area contributed by atoms with Crippen LogP contribution < -0.4 is 0 Å². The standard InChI is InChI=1S/C15H19N3O2S/c1-21-15(12-16)7-10-17(11-8-15)9-6-13-4-2-3-5-14(13)18(19)20/h2-5H,6-11H2,1H3. The van der Waals surface area contributed by atoms with Crippen LogP contribution in [0.4, 0.5) is 5.69 Å². The number of benzene rings is 1. The van der Waals surface area contributed by atoms with Gasteiger partial charge in [0.05, 0.1) is 11.0 Å². The molecule has 5 nitrogen and oxygen atoms in total. The summed E-state index contributed by atoms with van der Waals surface area (Å²) in [6.07, 6.45) is 4.39. The fourth-order valence-corrected chi connectivity index (χ4v) is 3.36. The second-order valence-electron chi connectivity index (χ2n) is 5.29. The number of piperidine rings is 1. The van der Waals surface area contributed by atoms with Gasteiger partial charge in [0.1, 0.15) is 4.75 Å². The van der Waals surface area contributed by atoms with E-state index in [1.807, 2.05) is 18.4 Å². The summed E-state index contributed by atoms with van der Waals surface area (Å²) in [5.74, 6) is 0. The molecule has 1 aliphatic heterocycles. The summed E-state index contributed by atoms with van der Waals surface area (Å²) in [7, 11) is 0. The third-order valence-corrected chi connectivity index (χ3v) is 5.42. The average molecular weight is 305 g/mol. The number of likely N-dealkylation sites (tertiary alicyclic amines) is 1. The van der Waals surface area contributed by atoms with Crippen molar-refractivity contribution >= 4 is 17.4 Å². The first kappa shape index (κ1) is 15.8. The Balaban J connectivity index is 1.91. The fourth-order valence-electron chi connectivity index (χ4n) is 2.68. The largest absolute Gasteiger partial charge is 0.303 e. The van der Waals surface area contributed by atoms with Gasteiger partial charge in [-0.1, -0.05) is 18.2 Å². The number of para-hydroxylation sites is 1. The van der Waals surface area contributed by atoms with Crippen molar-refractivity contribution in [3.8, 4) is 6.07 Å². The molecule has 0 saturated carbocycles. The smallest absolute Gasteiger partial charge is 0.272 e.